The zero-order valence-corrected chi connectivity index (χ0v) is 20.0. The third kappa shape index (κ3) is 5.48. The number of nitrogens with zero attached hydrogens (tertiary/aromatic N) is 3. The van der Waals surface area contributed by atoms with Gasteiger partial charge in [0.2, 0.25) is 12.4 Å². The minimum atomic E-state index is -0.245. The molecule has 0 spiro atoms. The molecule has 1 fully saturated rings. The third-order valence-corrected chi connectivity index (χ3v) is 6.58. The number of anilines is 1. The maximum atomic E-state index is 13.0. The van der Waals surface area contributed by atoms with Crippen LogP contribution in [0.1, 0.15) is 27.9 Å². The highest BCUT2D eigenvalue weighted by atomic mass is 32.2. The standard InChI is InChI=1S/C25H27N5O3S/c1-17-6-3-7-18(2)23(17)21-15-22(32)27-25(26-21)28-34-20-9-4-8-19(14-20)24(33)30-11-5-10-29(16-31)12-13-30/h3-4,6-9,14-16H,5,10-13H2,1-2H3,(H2,26,27,28,32). The van der Waals surface area contributed by atoms with Crippen LogP contribution in [0.3, 0.4) is 0 Å². The van der Waals surface area contributed by atoms with Crippen molar-refractivity contribution in [2.45, 2.75) is 25.2 Å². The molecule has 4 rings (SSSR count). The molecule has 8 nitrogen and oxygen atoms in total. The number of hydrogen-bond donors (Lipinski definition) is 2. The fourth-order valence-electron chi connectivity index (χ4n) is 4.08. The Morgan fingerprint density at radius 3 is 2.59 bits per heavy atom. The van der Waals surface area contributed by atoms with Crippen molar-refractivity contribution in [3.63, 3.8) is 0 Å². The van der Waals surface area contributed by atoms with Crippen LogP contribution < -0.4 is 10.3 Å². The lowest BCUT2D eigenvalue weighted by Gasteiger charge is -2.20. The zero-order chi connectivity index (χ0) is 24.1. The number of aromatic nitrogens is 2. The molecule has 1 aliphatic rings. The van der Waals surface area contributed by atoms with Crippen molar-refractivity contribution in [3.05, 3.63) is 75.6 Å². The molecule has 0 bridgehead atoms. The Kier molecular flexibility index (Phi) is 7.32. The van der Waals surface area contributed by atoms with Gasteiger partial charge in [-0.05, 0) is 61.5 Å². The van der Waals surface area contributed by atoms with Gasteiger partial charge in [-0.15, -0.1) is 0 Å². The average molecular weight is 478 g/mol. The summed E-state index contributed by atoms with van der Waals surface area (Å²) in [6, 6.07) is 14.8. The first-order valence-electron chi connectivity index (χ1n) is 11.1. The van der Waals surface area contributed by atoms with E-state index in [1.165, 1.54) is 18.0 Å². The maximum absolute atomic E-state index is 13.0. The van der Waals surface area contributed by atoms with Gasteiger partial charge in [0.05, 0.1) is 5.69 Å². The Labute approximate surface area is 202 Å². The summed E-state index contributed by atoms with van der Waals surface area (Å²) in [5.74, 6) is 0.284. The fourth-order valence-corrected chi connectivity index (χ4v) is 4.72. The van der Waals surface area contributed by atoms with E-state index in [0.717, 1.165) is 34.4 Å². The number of benzene rings is 2. The number of carbonyl (C=O) groups excluding carboxylic acids is 2. The van der Waals surface area contributed by atoms with Gasteiger partial charge in [-0.1, -0.05) is 24.3 Å². The highest BCUT2D eigenvalue weighted by Crippen LogP contribution is 2.26. The van der Waals surface area contributed by atoms with Crippen molar-refractivity contribution < 1.29 is 9.59 Å². The minimum Gasteiger partial charge on any atom is -0.343 e. The van der Waals surface area contributed by atoms with Crippen LogP contribution in [0.5, 0.6) is 0 Å². The molecule has 0 aliphatic carbocycles. The number of nitrogens with one attached hydrogen (secondary N) is 2. The van der Waals surface area contributed by atoms with E-state index in [4.69, 9.17) is 0 Å². The van der Waals surface area contributed by atoms with Crippen molar-refractivity contribution in [1.82, 2.24) is 19.8 Å². The molecule has 2 aromatic carbocycles. The molecule has 3 aromatic rings. The molecule has 2 heterocycles. The lowest BCUT2D eigenvalue weighted by atomic mass is 10.00. The molecule has 0 radical (unpaired) electrons. The first kappa shape index (κ1) is 23.6. The molecule has 0 saturated carbocycles. The van der Waals surface area contributed by atoms with Crippen LogP contribution in [0, 0.1) is 13.8 Å². The SMILES string of the molecule is Cc1cccc(C)c1-c1cc(=O)[nH]c(NSc2cccc(C(=O)N3CCCN(C=O)CC3)c2)n1. The summed E-state index contributed by atoms with van der Waals surface area (Å²) in [5, 5.41) is 0. The minimum absolute atomic E-state index is 0.0567. The van der Waals surface area contributed by atoms with Gasteiger partial charge in [0.25, 0.3) is 11.5 Å². The normalized spacial score (nSPS) is 13.9. The highest BCUT2D eigenvalue weighted by Gasteiger charge is 2.20. The van der Waals surface area contributed by atoms with Crippen LogP contribution in [-0.2, 0) is 4.79 Å². The zero-order valence-electron chi connectivity index (χ0n) is 19.2. The number of aryl methyl sites for hydroxylation is 2. The number of amides is 2. The van der Waals surface area contributed by atoms with Crippen molar-refractivity contribution in [2.75, 3.05) is 30.9 Å². The van der Waals surface area contributed by atoms with Gasteiger partial charge in [-0.25, -0.2) is 4.98 Å². The molecule has 1 aromatic heterocycles. The Morgan fingerprint density at radius 2 is 1.82 bits per heavy atom. The number of hydrogen-bond acceptors (Lipinski definition) is 6. The van der Waals surface area contributed by atoms with Crippen LogP contribution in [0.25, 0.3) is 11.3 Å². The van der Waals surface area contributed by atoms with E-state index < -0.39 is 0 Å². The van der Waals surface area contributed by atoms with Gasteiger partial charge in [0.15, 0.2) is 0 Å². The quantitative estimate of drug-likeness (QED) is 0.417. The second kappa shape index (κ2) is 10.6. The first-order valence-corrected chi connectivity index (χ1v) is 12.0. The number of rotatable bonds is 6. The van der Waals surface area contributed by atoms with Gasteiger partial charge in [0, 0.05) is 48.3 Å². The predicted molar refractivity (Wildman–Crippen MR) is 134 cm³/mol. The molecule has 2 N–H and O–H groups in total. The van der Waals surface area contributed by atoms with Crippen molar-refractivity contribution >= 4 is 30.2 Å². The summed E-state index contributed by atoms with van der Waals surface area (Å²) >= 11 is 1.27. The smallest absolute Gasteiger partial charge is 0.253 e. The number of H-pyrrole nitrogens is 1. The van der Waals surface area contributed by atoms with E-state index in [2.05, 4.69) is 14.7 Å². The Hall–Kier alpha value is -3.59. The van der Waals surface area contributed by atoms with E-state index in [-0.39, 0.29) is 11.5 Å². The van der Waals surface area contributed by atoms with E-state index >= 15 is 0 Å². The number of carbonyl (C=O) groups is 2. The van der Waals surface area contributed by atoms with E-state index in [1.807, 2.05) is 50.2 Å². The molecule has 9 heteroatoms. The molecule has 34 heavy (non-hydrogen) atoms. The van der Waals surface area contributed by atoms with Crippen LogP contribution in [0.2, 0.25) is 0 Å². The third-order valence-electron chi connectivity index (χ3n) is 5.79. The second-order valence-corrected chi connectivity index (χ2v) is 9.14. The molecule has 176 valence electrons. The Balaban J connectivity index is 1.48. The second-order valence-electron chi connectivity index (χ2n) is 8.27. The largest absolute Gasteiger partial charge is 0.343 e. The molecular weight excluding hydrogens is 450 g/mol. The van der Waals surface area contributed by atoms with E-state index in [9.17, 15) is 14.4 Å². The van der Waals surface area contributed by atoms with Crippen molar-refractivity contribution in [1.29, 1.82) is 0 Å². The van der Waals surface area contributed by atoms with Crippen molar-refractivity contribution in [3.8, 4) is 11.3 Å². The van der Waals surface area contributed by atoms with Crippen molar-refractivity contribution in [2.24, 2.45) is 0 Å². The van der Waals surface area contributed by atoms with Gasteiger partial charge < -0.3 is 9.80 Å². The summed E-state index contributed by atoms with van der Waals surface area (Å²) in [4.78, 5) is 48.0. The lowest BCUT2D eigenvalue weighted by molar-refractivity contribution is -0.118. The van der Waals surface area contributed by atoms with Crippen LogP contribution in [-0.4, -0.2) is 58.3 Å². The monoisotopic (exact) mass is 477 g/mol. The van der Waals surface area contributed by atoms with Crippen LogP contribution in [0.4, 0.5) is 5.95 Å². The molecule has 0 unspecified atom stereocenters. The summed E-state index contributed by atoms with van der Waals surface area (Å²) in [6.07, 6.45) is 1.60. The maximum Gasteiger partial charge on any atom is 0.253 e. The predicted octanol–water partition coefficient (Wildman–Crippen LogP) is 3.48. The Bertz CT molecular complexity index is 1240. The van der Waals surface area contributed by atoms with E-state index in [1.54, 1.807) is 15.9 Å². The molecule has 1 saturated heterocycles. The topological polar surface area (TPSA) is 98.4 Å². The summed E-state index contributed by atoms with van der Waals surface area (Å²) in [7, 11) is 0. The lowest BCUT2D eigenvalue weighted by Crippen LogP contribution is -2.34. The van der Waals surface area contributed by atoms with Gasteiger partial charge in [-0.2, -0.15) is 0 Å². The molecular formula is C25H27N5O3S. The summed E-state index contributed by atoms with van der Waals surface area (Å²) in [5.41, 5.74) is 3.99. The van der Waals surface area contributed by atoms with E-state index in [0.29, 0.717) is 43.4 Å². The Morgan fingerprint density at radius 1 is 1.06 bits per heavy atom. The summed E-state index contributed by atoms with van der Waals surface area (Å²) in [6.45, 7) is 6.34. The van der Waals surface area contributed by atoms with Crippen LogP contribution in [0.15, 0.2) is 58.2 Å². The number of aromatic amines is 1. The molecule has 2 amide bonds. The summed E-state index contributed by atoms with van der Waals surface area (Å²) < 4.78 is 3.10. The van der Waals surface area contributed by atoms with Gasteiger partial charge in [-0.3, -0.25) is 24.1 Å². The fraction of sp³-hybridized carbons (Fsp3) is 0.280. The average Bonchev–Trinajstić information content (AvgIpc) is 3.08. The molecule has 0 atom stereocenters. The van der Waals surface area contributed by atoms with Gasteiger partial charge >= 0.3 is 0 Å². The first-order chi connectivity index (χ1) is 16.4. The van der Waals surface area contributed by atoms with Gasteiger partial charge in [0.1, 0.15) is 0 Å². The van der Waals surface area contributed by atoms with Crippen LogP contribution >= 0.6 is 11.9 Å². The highest BCUT2D eigenvalue weighted by molar-refractivity contribution is 8.00. The molecule has 1 aliphatic heterocycles.